The van der Waals surface area contributed by atoms with Crippen LogP contribution in [-0.2, 0) is 24.1 Å². The number of rotatable bonds is 9. The van der Waals surface area contributed by atoms with Crippen molar-refractivity contribution in [2.24, 2.45) is 0 Å². The zero-order valence-electron chi connectivity index (χ0n) is 18.3. The van der Waals surface area contributed by atoms with Crippen molar-refractivity contribution < 1.29 is 37.1 Å². The number of alkyl carbamates (subject to hydrolysis) is 1. The predicted octanol–water partition coefficient (Wildman–Crippen LogP) is 2.92. The number of hydrogen-bond donors (Lipinski definition) is 2. The van der Waals surface area contributed by atoms with E-state index >= 15 is 0 Å². The lowest BCUT2D eigenvalue weighted by atomic mass is 10.1. The summed E-state index contributed by atoms with van der Waals surface area (Å²) < 4.78 is 34.1. The number of thiophene rings is 1. The molecule has 0 saturated carbocycles. The Labute approximate surface area is 195 Å². The Morgan fingerprint density at radius 3 is 2.36 bits per heavy atom. The Kier molecular flexibility index (Phi) is 9.12. The third kappa shape index (κ3) is 6.86. The minimum atomic E-state index is -3.54. The number of benzene rings is 1. The quantitative estimate of drug-likeness (QED) is 0.504. The number of amides is 3. The fourth-order valence-corrected chi connectivity index (χ4v) is 5.28. The summed E-state index contributed by atoms with van der Waals surface area (Å²) in [6.45, 7) is 3.21. The van der Waals surface area contributed by atoms with E-state index < -0.39 is 33.7 Å². The second-order valence-electron chi connectivity index (χ2n) is 6.71. The second kappa shape index (κ2) is 11.6. The molecule has 12 heteroatoms. The van der Waals surface area contributed by atoms with Gasteiger partial charge < -0.3 is 14.8 Å². The van der Waals surface area contributed by atoms with Gasteiger partial charge in [0.2, 0.25) is 5.91 Å². The minimum absolute atomic E-state index is 0.0351. The van der Waals surface area contributed by atoms with Crippen LogP contribution in [-0.4, -0.2) is 51.8 Å². The lowest BCUT2D eigenvalue weighted by molar-refractivity contribution is -0.116. The van der Waals surface area contributed by atoms with Gasteiger partial charge in [0, 0.05) is 6.42 Å². The maximum Gasteiger partial charge on any atom is 0.413 e. The van der Waals surface area contributed by atoms with Crippen LogP contribution in [0.15, 0.2) is 35.2 Å². The van der Waals surface area contributed by atoms with E-state index in [4.69, 9.17) is 4.74 Å². The molecule has 2 N–H and O–H groups in total. The van der Waals surface area contributed by atoms with Gasteiger partial charge >= 0.3 is 12.1 Å². The van der Waals surface area contributed by atoms with Crippen LogP contribution in [0.5, 0.6) is 0 Å². The zero-order valence-corrected chi connectivity index (χ0v) is 19.9. The van der Waals surface area contributed by atoms with Crippen molar-refractivity contribution in [3.05, 3.63) is 46.3 Å². The number of carbonyl (C=O) groups excluding carboxylic acids is 4. The van der Waals surface area contributed by atoms with E-state index in [2.05, 4.69) is 10.1 Å². The Morgan fingerprint density at radius 2 is 1.76 bits per heavy atom. The third-order valence-corrected chi connectivity index (χ3v) is 7.41. The van der Waals surface area contributed by atoms with E-state index in [0.717, 1.165) is 18.4 Å². The van der Waals surface area contributed by atoms with E-state index in [1.54, 1.807) is 25.1 Å². The van der Waals surface area contributed by atoms with Crippen molar-refractivity contribution >= 4 is 50.1 Å². The van der Waals surface area contributed by atoms with Crippen molar-refractivity contribution in [2.45, 2.75) is 31.6 Å². The average Bonchev–Trinajstić information content (AvgIpc) is 3.10. The molecule has 0 saturated heterocycles. The van der Waals surface area contributed by atoms with Crippen molar-refractivity contribution in [1.29, 1.82) is 0 Å². The molecule has 0 spiro atoms. The van der Waals surface area contributed by atoms with Crippen LogP contribution in [0.3, 0.4) is 0 Å². The van der Waals surface area contributed by atoms with Gasteiger partial charge in [0.25, 0.3) is 5.91 Å². The van der Waals surface area contributed by atoms with Crippen LogP contribution in [0.2, 0.25) is 0 Å². The first-order valence-corrected chi connectivity index (χ1v) is 12.3. The number of sulfone groups is 1. The van der Waals surface area contributed by atoms with Gasteiger partial charge in [0.15, 0.2) is 9.84 Å². The van der Waals surface area contributed by atoms with Gasteiger partial charge in [0.1, 0.15) is 9.88 Å². The molecule has 0 unspecified atom stereocenters. The number of anilines is 1. The summed E-state index contributed by atoms with van der Waals surface area (Å²) in [7, 11) is -2.46. The Balaban J connectivity index is 2.16. The van der Waals surface area contributed by atoms with Gasteiger partial charge in [-0.15, -0.1) is 11.3 Å². The molecule has 1 heterocycles. The summed E-state index contributed by atoms with van der Waals surface area (Å²) >= 11 is 0.824. The van der Waals surface area contributed by atoms with Crippen LogP contribution in [0.4, 0.5) is 9.80 Å². The van der Waals surface area contributed by atoms with Gasteiger partial charge in [-0.2, -0.15) is 0 Å². The highest BCUT2D eigenvalue weighted by atomic mass is 32.2. The maximum absolute atomic E-state index is 12.5. The molecule has 0 radical (unpaired) electrons. The Hall–Kier alpha value is -3.25. The van der Waals surface area contributed by atoms with Crippen LogP contribution in [0.25, 0.3) is 0 Å². The van der Waals surface area contributed by atoms with Crippen LogP contribution >= 0.6 is 11.3 Å². The van der Waals surface area contributed by atoms with E-state index in [9.17, 15) is 27.6 Å². The fraction of sp³-hybridized carbons (Fsp3) is 0.333. The zero-order chi connectivity index (χ0) is 24.6. The minimum Gasteiger partial charge on any atom is -0.462 e. The first-order valence-electron chi connectivity index (χ1n) is 9.88. The average molecular weight is 497 g/mol. The summed E-state index contributed by atoms with van der Waals surface area (Å²) in [4.78, 5) is 48.9. The van der Waals surface area contributed by atoms with Crippen molar-refractivity contribution in [3.63, 3.8) is 0 Å². The fourth-order valence-electron chi connectivity index (χ4n) is 2.83. The molecule has 10 nitrogen and oxygen atoms in total. The number of methoxy groups -OCH3 is 1. The Bertz CT molecular complexity index is 1140. The number of nitrogens with one attached hydrogen (secondary N) is 2. The highest BCUT2D eigenvalue weighted by Crippen LogP contribution is 2.34. The Morgan fingerprint density at radius 1 is 1.09 bits per heavy atom. The molecule has 2 rings (SSSR count). The van der Waals surface area contributed by atoms with Crippen molar-refractivity contribution in [2.75, 3.05) is 24.8 Å². The highest BCUT2D eigenvalue weighted by Gasteiger charge is 2.27. The van der Waals surface area contributed by atoms with E-state index in [-0.39, 0.29) is 51.1 Å². The number of imide groups is 1. The molecular weight excluding hydrogens is 472 g/mol. The summed E-state index contributed by atoms with van der Waals surface area (Å²) in [6.07, 6.45) is -1.11. The standard InChI is InChI=1S/C21H24N2O8S2/c1-4-31-20(26)17-13(2)16(18(25)23-21(27)30-3)19(32-17)22-15(24)11-8-12-33(28,29)14-9-6-5-7-10-14/h5-7,9-10H,4,8,11-12H2,1-3H3,(H,22,24)(H,23,25,27). The summed E-state index contributed by atoms with van der Waals surface area (Å²) in [5.74, 6) is -2.34. The molecular formula is C21H24N2O8S2. The van der Waals surface area contributed by atoms with Gasteiger partial charge in [-0.3, -0.25) is 14.9 Å². The molecule has 0 fully saturated rings. The molecule has 2 aromatic rings. The topological polar surface area (TPSA) is 145 Å². The molecule has 178 valence electrons. The third-order valence-electron chi connectivity index (χ3n) is 4.41. The van der Waals surface area contributed by atoms with E-state index in [1.807, 2.05) is 5.32 Å². The molecule has 1 aromatic carbocycles. The normalized spacial score (nSPS) is 10.9. The summed E-state index contributed by atoms with van der Waals surface area (Å²) in [5, 5.41) is 4.56. The molecule has 1 aromatic heterocycles. The molecule has 0 aliphatic carbocycles. The SMILES string of the molecule is CCOC(=O)c1sc(NC(=O)CCCS(=O)(=O)c2ccccc2)c(C(=O)NC(=O)OC)c1C. The number of hydrogen-bond acceptors (Lipinski definition) is 9. The second-order valence-corrected chi connectivity index (χ2v) is 9.84. The van der Waals surface area contributed by atoms with Crippen LogP contribution in [0, 0.1) is 6.92 Å². The first-order chi connectivity index (χ1) is 15.6. The molecule has 33 heavy (non-hydrogen) atoms. The number of ether oxygens (including phenoxy) is 2. The molecule has 0 bridgehead atoms. The van der Waals surface area contributed by atoms with Gasteiger partial charge in [-0.05, 0) is 38.0 Å². The summed E-state index contributed by atoms with van der Waals surface area (Å²) in [5.41, 5.74) is 0.139. The van der Waals surface area contributed by atoms with Crippen molar-refractivity contribution in [1.82, 2.24) is 5.32 Å². The lowest BCUT2D eigenvalue weighted by Gasteiger charge is -2.08. The number of esters is 1. The monoisotopic (exact) mass is 496 g/mol. The highest BCUT2D eigenvalue weighted by molar-refractivity contribution is 7.91. The molecule has 0 atom stereocenters. The van der Waals surface area contributed by atoms with Crippen LogP contribution in [0.1, 0.15) is 45.4 Å². The first kappa shape index (κ1) is 26.0. The predicted molar refractivity (Wildman–Crippen MR) is 121 cm³/mol. The summed E-state index contributed by atoms with van der Waals surface area (Å²) in [6, 6.07) is 7.88. The number of carbonyl (C=O) groups is 4. The van der Waals surface area contributed by atoms with E-state index in [0.29, 0.717) is 0 Å². The van der Waals surface area contributed by atoms with Gasteiger partial charge in [-0.25, -0.2) is 18.0 Å². The van der Waals surface area contributed by atoms with Crippen molar-refractivity contribution in [3.8, 4) is 0 Å². The van der Waals surface area contributed by atoms with Gasteiger partial charge in [-0.1, -0.05) is 18.2 Å². The van der Waals surface area contributed by atoms with Crippen LogP contribution < -0.4 is 10.6 Å². The molecule has 0 aliphatic heterocycles. The maximum atomic E-state index is 12.5. The molecule has 3 amide bonds. The van der Waals surface area contributed by atoms with E-state index in [1.165, 1.54) is 19.1 Å². The largest absolute Gasteiger partial charge is 0.462 e. The smallest absolute Gasteiger partial charge is 0.413 e. The van der Waals surface area contributed by atoms with Gasteiger partial charge in [0.05, 0.1) is 29.9 Å². The lowest BCUT2D eigenvalue weighted by Crippen LogP contribution is -2.31. The molecule has 0 aliphatic rings.